The molecule has 0 aliphatic heterocycles. The Hall–Kier alpha value is -2.38. The van der Waals surface area contributed by atoms with Crippen molar-refractivity contribution in [3.63, 3.8) is 0 Å². The van der Waals surface area contributed by atoms with Crippen LogP contribution in [0.3, 0.4) is 0 Å². The summed E-state index contributed by atoms with van der Waals surface area (Å²) in [4.78, 5) is 0. The van der Waals surface area contributed by atoms with Gasteiger partial charge >= 0.3 is 0 Å². The normalized spacial score (nSPS) is 9.90. The number of rotatable bonds is 1. The molecule has 0 unspecified atom stereocenters. The molecule has 4 rings (SSSR count). The summed E-state index contributed by atoms with van der Waals surface area (Å²) in [5, 5.41) is 4.37. The van der Waals surface area contributed by atoms with Gasteiger partial charge in [0, 0.05) is 10.1 Å². The summed E-state index contributed by atoms with van der Waals surface area (Å²) in [6.45, 7) is 0. The van der Waals surface area contributed by atoms with Crippen LogP contribution < -0.4 is 0 Å². The summed E-state index contributed by atoms with van der Waals surface area (Å²) in [6.07, 6.45) is 0. The molecule has 1 aromatic heterocycles. The van der Waals surface area contributed by atoms with E-state index in [4.69, 9.17) is 0 Å². The third-order valence-electron chi connectivity index (χ3n) is 3.18. The number of hydrogen-bond donors (Lipinski definition) is 0. The number of fused-ring (bicyclic) bond motifs is 1. The minimum absolute atomic E-state index is 1.28. The van der Waals surface area contributed by atoms with Crippen LogP contribution in [-0.4, -0.2) is 0 Å². The zero-order chi connectivity index (χ0) is 14.3. The summed E-state index contributed by atoms with van der Waals surface area (Å²) in [7, 11) is 0. The Balaban J connectivity index is 0.000000131. The van der Waals surface area contributed by atoms with Gasteiger partial charge in [-0.05, 0) is 28.6 Å². The zero-order valence-electron chi connectivity index (χ0n) is 11.6. The maximum absolute atomic E-state index is 3.08. The van der Waals surface area contributed by atoms with Crippen molar-refractivity contribution in [1.29, 1.82) is 0 Å². The average Bonchev–Trinajstić information content (AvgIpc) is 3.06. The first kappa shape index (κ1) is 13.6. The summed E-state index contributed by atoms with van der Waals surface area (Å²) in [6, 6.07) is 31.1. The van der Waals surface area contributed by atoms with Crippen LogP contribution in [0.4, 0.5) is 0 Å². The molecule has 0 aliphatic carbocycles. The summed E-state index contributed by atoms with van der Waals surface area (Å²) in [5.74, 6) is 0. The maximum atomic E-state index is 3.08. The third kappa shape index (κ3) is 3.59. The van der Waals surface area contributed by atoms with E-state index < -0.39 is 0 Å². The Labute approximate surface area is 129 Å². The van der Waals surface area contributed by atoms with Crippen molar-refractivity contribution in [1.82, 2.24) is 0 Å². The lowest BCUT2D eigenvalue weighted by molar-refractivity contribution is 1.62. The van der Waals surface area contributed by atoms with E-state index in [0.717, 1.165) is 0 Å². The van der Waals surface area contributed by atoms with E-state index in [1.165, 1.54) is 21.2 Å². The van der Waals surface area contributed by atoms with Crippen molar-refractivity contribution in [3.05, 3.63) is 96.4 Å². The molecular weight excluding hydrogens is 272 g/mol. The highest BCUT2D eigenvalue weighted by atomic mass is 32.1. The molecule has 0 amide bonds. The molecule has 21 heavy (non-hydrogen) atoms. The van der Waals surface area contributed by atoms with E-state index in [2.05, 4.69) is 66.0 Å². The molecule has 101 valence electrons. The molecule has 0 bridgehead atoms. The van der Waals surface area contributed by atoms with Gasteiger partial charge in [-0.3, -0.25) is 0 Å². The van der Waals surface area contributed by atoms with Crippen LogP contribution in [0.2, 0.25) is 0 Å². The Bertz CT molecular complexity index is 718. The van der Waals surface area contributed by atoms with E-state index >= 15 is 0 Å². The fraction of sp³-hybridized carbons (Fsp3) is 0. The minimum Gasteiger partial charge on any atom is -0.134 e. The van der Waals surface area contributed by atoms with Gasteiger partial charge in [0.05, 0.1) is 0 Å². The molecule has 0 fully saturated rings. The van der Waals surface area contributed by atoms with Crippen molar-refractivity contribution < 1.29 is 0 Å². The van der Waals surface area contributed by atoms with Crippen LogP contribution in [0.15, 0.2) is 91.0 Å². The van der Waals surface area contributed by atoms with Crippen LogP contribution in [0.5, 0.6) is 0 Å². The summed E-state index contributed by atoms with van der Waals surface area (Å²) in [5.41, 5.74) is 2.55. The zero-order valence-corrected chi connectivity index (χ0v) is 12.4. The van der Waals surface area contributed by atoms with Crippen LogP contribution in [-0.2, 0) is 0 Å². The fourth-order valence-electron chi connectivity index (χ4n) is 2.11. The molecule has 1 radical (unpaired) electrons. The Morgan fingerprint density at radius 3 is 1.67 bits per heavy atom. The third-order valence-corrected chi connectivity index (χ3v) is 4.01. The van der Waals surface area contributed by atoms with Gasteiger partial charge in [0.2, 0.25) is 0 Å². The van der Waals surface area contributed by atoms with Gasteiger partial charge in [0.15, 0.2) is 0 Å². The highest BCUT2D eigenvalue weighted by molar-refractivity contribution is 7.16. The van der Waals surface area contributed by atoms with Crippen molar-refractivity contribution in [2.24, 2.45) is 0 Å². The summed E-state index contributed by atoms with van der Waals surface area (Å²) < 4.78 is 1.32. The van der Waals surface area contributed by atoms with Crippen molar-refractivity contribution in [2.45, 2.75) is 0 Å². The largest absolute Gasteiger partial charge is 0.134 e. The van der Waals surface area contributed by atoms with Gasteiger partial charge < -0.3 is 0 Å². The lowest BCUT2D eigenvalue weighted by Gasteiger charge is -1.98. The summed E-state index contributed by atoms with van der Waals surface area (Å²) >= 11 is 1.66. The lowest BCUT2D eigenvalue weighted by Crippen LogP contribution is -1.73. The molecular formula is C20H15S. The smallest absolute Gasteiger partial charge is 0.0455 e. The van der Waals surface area contributed by atoms with Gasteiger partial charge in [-0.2, -0.15) is 0 Å². The van der Waals surface area contributed by atoms with Crippen molar-refractivity contribution in [2.75, 3.05) is 0 Å². The van der Waals surface area contributed by atoms with E-state index in [0.29, 0.717) is 0 Å². The average molecular weight is 287 g/mol. The second-order valence-electron chi connectivity index (χ2n) is 4.63. The molecule has 0 spiro atoms. The molecule has 4 aromatic rings. The van der Waals surface area contributed by atoms with E-state index in [9.17, 15) is 0 Å². The van der Waals surface area contributed by atoms with Crippen LogP contribution in [0.1, 0.15) is 0 Å². The SMILES string of the molecule is [c]1cc2ccccc2s1.c1ccc(-c2ccccc2)cc1. The molecule has 1 heteroatoms. The quantitative estimate of drug-likeness (QED) is 0.399. The first-order valence-corrected chi connectivity index (χ1v) is 7.70. The molecule has 3 aromatic carbocycles. The molecule has 0 aliphatic rings. The fourth-order valence-corrected chi connectivity index (χ4v) is 2.81. The van der Waals surface area contributed by atoms with Crippen molar-refractivity contribution in [3.8, 4) is 11.1 Å². The predicted octanol–water partition coefficient (Wildman–Crippen LogP) is 6.06. The van der Waals surface area contributed by atoms with E-state index in [1.807, 2.05) is 30.3 Å². The highest BCUT2D eigenvalue weighted by Crippen LogP contribution is 2.18. The standard InChI is InChI=1S/C12H10.C8H5S/c1-3-7-11(8-4-1)12-9-5-2-6-10-12;1-2-4-8-7(3-1)5-6-9-8/h1-10H;1-5H. The van der Waals surface area contributed by atoms with E-state index in [-0.39, 0.29) is 0 Å². The number of benzene rings is 3. The number of thiophene rings is 1. The molecule has 0 saturated carbocycles. The van der Waals surface area contributed by atoms with Crippen LogP contribution >= 0.6 is 11.3 Å². The van der Waals surface area contributed by atoms with Gasteiger partial charge in [-0.25, -0.2) is 0 Å². The van der Waals surface area contributed by atoms with Gasteiger partial charge in [-0.15, -0.1) is 11.3 Å². The second kappa shape index (κ2) is 6.87. The van der Waals surface area contributed by atoms with Crippen LogP contribution in [0, 0.1) is 5.38 Å². The predicted molar refractivity (Wildman–Crippen MR) is 92.5 cm³/mol. The Kier molecular flexibility index (Phi) is 4.45. The Morgan fingerprint density at radius 2 is 1.10 bits per heavy atom. The molecule has 0 atom stereocenters. The highest BCUT2D eigenvalue weighted by Gasteiger charge is 1.91. The first-order chi connectivity index (χ1) is 10.4. The van der Waals surface area contributed by atoms with E-state index in [1.54, 1.807) is 11.3 Å². The molecule has 0 saturated heterocycles. The van der Waals surface area contributed by atoms with Crippen LogP contribution in [0.25, 0.3) is 21.2 Å². The minimum atomic E-state index is 1.28. The number of hydrogen-bond acceptors (Lipinski definition) is 1. The van der Waals surface area contributed by atoms with Gasteiger partial charge in [-0.1, -0.05) is 78.9 Å². The van der Waals surface area contributed by atoms with Gasteiger partial charge in [0.1, 0.15) is 0 Å². The maximum Gasteiger partial charge on any atom is 0.0455 e. The first-order valence-electron chi connectivity index (χ1n) is 6.88. The molecule has 0 nitrogen and oxygen atoms in total. The van der Waals surface area contributed by atoms with Crippen molar-refractivity contribution >= 4 is 21.4 Å². The Morgan fingerprint density at radius 1 is 0.571 bits per heavy atom. The lowest BCUT2D eigenvalue weighted by atomic mass is 10.1. The topological polar surface area (TPSA) is 0 Å². The molecule has 0 N–H and O–H groups in total. The van der Waals surface area contributed by atoms with Gasteiger partial charge in [0.25, 0.3) is 0 Å². The second-order valence-corrected chi connectivity index (χ2v) is 5.51. The molecule has 1 heterocycles. The monoisotopic (exact) mass is 287 g/mol.